The number of hydrogen-bond acceptors (Lipinski definition) is 2. The molecule has 0 heterocycles. The Kier molecular flexibility index (Phi) is 20.3. The van der Waals surface area contributed by atoms with Crippen LogP contribution in [0.3, 0.4) is 0 Å². The predicted octanol–water partition coefficient (Wildman–Crippen LogP) is 2.58. The Morgan fingerprint density at radius 3 is 1.81 bits per heavy atom. The number of hydrogen-bond donors (Lipinski definition) is 2. The number of rotatable bonds is 4. The highest BCUT2D eigenvalue weighted by Crippen LogP contribution is 2.01. The van der Waals surface area contributed by atoms with E-state index in [0.717, 1.165) is 12.5 Å². The molecule has 0 saturated carbocycles. The number of carbonyl (C=O) groups excluding carboxylic acids is 1. The molecule has 0 fully saturated rings. The molecular formula is C12H25NO3. The number of amides is 1. The van der Waals surface area contributed by atoms with Crippen molar-refractivity contribution in [2.24, 2.45) is 11.7 Å². The van der Waals surface area contributed by atoms with Gasteiger partial charge in [-0.3, -0.25) is 4.79 Å². The van der Waals surface area contributed by atoms with Crippen LogP contribution in [0.15, 0.2) is 12.2 Å². The number of aliphatic carboxylic acids is 1. The lowest BCUT2D eigenvalue weighted by atomic mass is 10.1. The molecule has 0 aromatic heterocycles. The summed E-state index contributed by atoms with van der Waals surface area (Å²) in [6.45, 7) is 9.81. The molecule has 0 radical (unpaired) electrons. The molecule has 0 spiro atoms. The number of primary amides is 1. The molecule has 0 saturated heterocycles. The van der Waals surface area contributed by atoms with Crippen molar-refractivity contribution in [1.82, 2.24) is 0 Å². The fourth-order valence-electron chi connectivity index (χ4n) is 0.574. The molecule has 1 amide bonds. The maximum absolute atomic E-state index is 10.1. The first-order valence-corrected chi connectivity index (χ1v) is 5.54. The van der Waals surface area contributed by atoms with Crippen molar-refractivity contribution in [2.45, 2.75) is 47.5 Å². The molecule has 0 aliphatic carbocycles. The molecule has 4 heteroatoms. The number of carboxylic acids is 1. The lowest BCUT2D eigenvalue weighted by Gasteiger charge is -1.98. The minimum atomic E-state index is -0.891. The lowest BCUT2D eigenvalue weighted by molar-refractivity contribution is -0.131. The van der Waals surface area contributed by atoms with E-state index in [0.29, 0.717) is 12.3 Å². The third-order valence-corrected chi connectivity index (χ3v) is 1.28. The van der Waals surface area contributed by atoms with Gasteiger partial charge in [0.15, 0.2) is 0 Å². The highest BCUT2D eigenvalue weighted by atomic mass is 16.4. The average molecular weight is 231 g/mol. The highest BCUT2D eigenvalue weighted by molar-refractivity contribution is 5.79. The fourth-order valence-corrected chi connectivity index (χ4v) is 0.574. The molecule has 0 rings (SSSR count). The van der Waals surface area contributed by atoms with E-state index in [4.69, 9.17) is 10.8 Å². The van der Waals surface area contributed by atoms with Gasteiger partial charge in [0.25, 0.3) is 0 Å². The molecule has 4 nitrogen and oxygen atoms in total. The first-order chi connectivity index (χ1) is 7.40. The molecule has 16 heavy (non-hydrogen) atoms. The summed E-state index contributed by atoms with van der Waals surface area (Å²) >= 11 is 0. The second-order valence-corrected chi connectivity index (χ2v) is 3.24. The zero-order valence-corrected chi connectivity index (χ0v) is 11.0. The molecule has 0 aliphatic heterocycles. The molecule has 0 bridgehead atoms. The van der Waals surface area contributed by atoms with Crippen LogP contribution in [0.2, 0.25) is 0 Å². The van der Waals surface area contributed by atoms with E-state index in [-0.39, 0.29) is 5.91 Å². The fraction of sp³-hybridized carbons (Fsp3) is 0.667. The average Bonchev–Trinajstić information content (AvgIpc) is 2.18. The van der Waals surface area contributed by atoms with Crippen LogP contribution in [0.25, 0.3) is 0 Å². The summed E-state index contributed by atoms with van der Waals surface area (Å²) in [6, 6.07) is 0. The van der Waals surface area contributed by atoms with Gasteiger partial charge in [-0.05, 0) is 19.3 Å². The van der Waals surface area contributed by atoms with Gasteiger partial charge in [0, 0.05) is 12.5 Å². The van der Waals surface area contributed by atoms with Crippen LogP contribution in [0, 0.1) is 5.92 Å². The number of carboxylic acid groups (broad SMARTS) is 1. The zero-order chi connectivity index (χ0) is 13.6. The van der Waals surface area contributed by atoms with Crippen molar-refractivity contribution in [3.05, 3.63) is 12.2 Å². The van der Waals surface area contributed by atoms with Crippen molar-refractivity contribution in [3.63, 3.8) is 0 Å². The molecule has 0 aliphatic rings. The van der Waals surface area contributed by atoms with Crippen LogP contribution in [0.5, 0.6) is 0 Å². The molecule has 0 aromatic carbocycles. The monoisotopic (exact) mass is 231 g/mol. The Balaban J connectivity index is -0.000000188. The molecular weight excluding hydrogens is 206 g/mol. The molecule has 0 atom stereocenters. The van der Waals surface area contributed by atoms with Gasteiger partial charge in [0.1, 0.15) is 0 Å². The Morgan fingerprint density at radius 2 is 1.75 bits per heavy atom. The van der Waals surface area contributed by atoms with E-state index < -0.39 is 5.97 Å². The minimum Gasteiger partial charge on any atom is -0.478 e. The van der Waals surface area contributed by atoms with Crippen LogP contribution in [0.4, 0.5) is 0 Å². The Labute approximate surface area is 98.5 Å². The van der Waals surface area contributed by atoms with E-state index in [9.17, 15) is 9.59 Å². The number of nitrogens with two attached hydrogens (primary N) is 1. The summed E-state index contributed by atoms with van der Waals surface area (Å²) in [4.78, 5) is 19.6. The normalized spacial score (nSPS) is 8.88. The molecule has 0 unspecified atom stereocenters. The summed E-state index contributed by atoms with van der Waals surface area (Å²) < 4.78 is 0. The van der Waals surface area contributed by atoms with Crippen molar-refractivity contribution < 1.29 is 14.7 Å². The van der Waals surface area contributed by atoms with Gasteiger partial charge in [-0.1, -0.05) is 33.8 Å². The third-order valence-electron chi connectivity index (χ3n) is 1.28. The second-order valence-electron chi connectivity index (χ2n) is 3.24. The Hall–Kier alpha value is -1.32. The molecule has 96 valence electrons. The van der Waals surface area contributed by atoms with E-state index >= 15 is 0 Å². The van der Waals surface area contributed by atoms with Crippen LogP contribution in [0.1, 0.15) is 47.5 Å². The van der Waals surface area contributed by atoms with E-state index in [2.05, 4.69) is 13.8 Å². The van der Waals surface area contributed by atoms with Crippen molar-refractivity contribution in [1.29, 1.82) is 0 Å². The van der Waals surface area contributed by atoms with Crippen LogP contribution >= 0.6 is 0 Å². The van der Waals surface area contributed by atoms with Crippen molar-refractivity contribution in [2.75, 3.05) is 0 Å². The maximum Gasteiger partial charge on any atom is 0.327 e. The Morgan fingerprint density at radius 1 is 1.31 bits per heavy atom. The van der Waals surface area contributed by atoms with Gasteiger partial charge in [-0.25, -0.2) is 4.79 Å². The van der Waals surface area contributed by atoms with E-state index in [1.165, 1.54) is 6.08 Å². The molecule has 3 N–H and O–H groups in total. The van der Waals surface area contributed by atoms with Gasteiger partial charge in [-0.15, -0.1) is 0 Å². The van der Waals surface area contributed by atoms with Gasteiger partial charge in [0.05, 0.1) is 0 Å². The van der Waals surface area contributed by atoms with Crippen LogP contribution < -0.4 is 5.73 Å². The van der Waals surface area contributed by atoms with Crippen molar-refractivity contribution >= 4 is 11.9 Å². The van der Waals surface area contributed by atoms with Gasteiger partial charge in [0.2, 0.25) is 5.91 Å². The van der Waals surface area contributed by atoms with Gasteiger partial charge >= 0.3 is 5.97 Å². The minimum absolute atomic E-state index is 0.196. The van der Waals surface area contributed by atoms with Gasteiger partial charge < -0.3 is 10.8 Å². The van der Waals surface area contributed by atoms with Gasteiger partial charge in [-0.2, -0.15) is 0 Å². The second kappa shape index (κ2) is 16.1. The lowest BCUT2D eigenvalue weighted by Crippen LogP contribution is -2.10. The summed E-state index contributed by atoms with van der Waals surface area (Å²) in [6.07, 6.45) is 4.00. The molecule has 0 aromatic rings. The predicted molar refractivity (Wildman–Crippen MR) is 67.1 cm³/mol. The van der Waals surface area contributed by atoms with Crippen molar-refractivity contribution in [3.8, 4) is 0 Å². The van der Waals surface area contributed by atoms with E-state index in [1.807, 2.05) is 13.8 Å². The van der Waals surface area contributed by atoms with Crippen LogP contribution in [-0.4, -0.2) is 17.0 Å². The summed E-state index contributed by atoms with van der Waals surface area (Å²) in [7, 11) is 0. The topological polar surface area (TPSA) is 80.4 Å². The van der Waals surface area contributed by atoms with Crippen LogP contribution in [-0.2, 0) is 9.59 Å². The summed E-state index contributed by atoms with van der Waals surface area (Å²) in [5, 5.41) is 7.83. The zero-order valence-electron chi connectivity index (χ0n) is 11.0. The third kappa shape index (κ3) is 38.8. The summed E-state index contributed by atoms with van der Waals surface area (Å²) in [5.74, 6) is -0.501. The standard InChI is InChI=1S/C6H13NO.C4H6O2.C2H6/c1-5(2)3-4-6(7)8;1-2-3-4(5)6;1-2/h5H,3-4H2,1-2H3,(H2,7,8);2-3H,1H3,(H,5,6);1-2H3/b;3-2+;. The number of carbonyl (C=O) groups is 2. The SMILES string of the molecule is C/C=C/C(=O)O.CC.CC(C)CCC(N)=O. The number of allylic oxidation sites excluding steroid dienone is 1. The first kappa shape index (κ1) is 20.1. The highest BCUT2D eigenvalue weighted by Gasteiger charge is 1.96. The first-order valence-electron chi connectivity index (χ1n) is 5.54. The largest absolute Gasteiger partial charge is 0.478 e. The quantitative estimate of drug-likeness (QED) is 0.730. The van der Waals surface area contributed by atoms with E-state index in [1.54, 1.807) is 6.92 Å². The summed E-state index contributed by atoms with van der Waals surface area (Å²) in [5.41, 5.74) is 4.90. The maximum atomic E-state index is 10.1. The smallest absolute Gasteiger partial charge is 0.327 e. The Bertz CT molecular complexity index is 198.